The summed E-state index contributed by atoms with van der Waals surface area (Å²) in [5.74, 6) is 1.68. The van der Waals surface area contributed by atoms with Crippen LogP contribution >= 0.6 is 0 Å². The Balaban J connectivity index is 2.37. The Hall–Kier alpha value is -0.0400. The van der Waals surface area contributed by atoms with E-state index in [0.717, 1.165) is 18.4 Å². The highest BCUT2D eigenvalue weighted by molar-refractivity contribution is 4.97. The van der Waals surface area contributed by atoms with Crippen LogP contribution in [0.1, 0.15) is 47.0 Å². The lowest BCUT2D eigenvalue weighted by atomic mass is 9.74. The van der Waals surface area contributed by atoms with E-state index in [1.54, 1.807) is 0 Å². The molecular formula is C12H24N. The Labute approximate surface area is 83.3 Å². The molecule has 1 heteroatoms. The molecule has 1 N–H and O–H groups in total. The highest BCUT2D eigenvalue weighted by atomic mass is 15.0. The van der Waals surface area contributed by atoms with Gasteiger partial charge in [-0.3, -0.25) is 0 Å². The molecule has 0 saturated heterocycles. The van der Waals surface area contributed by atoms with Crippen molar-refractivity contribution < 1.29 is 0 Å². The zero-order valence-corrected chi connectivity index (χ0v) is 9.56. The summed E-state index contributed by atoms with van der Waals surface area (Å²) in [6.45, 7) is 10.3. The summed E-state index contributed by atoms with van der Waals surface area (Å²) in [6.07, 6.45) is 6.46. The molecule has 1 fully saturated rings. The number of hydrogen-bond acceptors (Lipinski definition) is 1. The van der Waals surface area contributed by atoms with Gasteiger partial charge in [0.15, 0.2) is 0 Å². The molecule has 1 nitrogen and oxygen atoms in total. The average molecular weight is 182 g/mol. The molecule has 0 aromatic heterocycles. The first-order valence-corrected chi connectivity index (χ1v) is 5.66. The van der Waals surface area contributed by atoms with Crippen molar-refractivity contribution in [1.82, 2.24) is 5.32 Å². The summed E-state index contributed by atoms with van der Waals surface area (Å²) in [6, 6.07) is 0. The van der Waals surface area contributed by atoms with Crippen molar-refractivity contribution in [3.63, 3.8) is 0 Å². The van der Waals surface area contributed by atoms with E-state index in [1.807, 2.05) is 0 Å². The van der Waals surface area contributed by atoms with E-state index in [0.29, 0.717) is 5.54 Å². The lowest BCUT2D eigenvalue weighted by molar-refractivity contribution is 0.229. The fourth-order valence-electron chi connectivity index (χ4n) is 2.31. The van der Waals surface area contributed by atoms with Crippen LogP contribution in [0.5, 0.6) is 0 Å². The van der Waals surface area contributed by atoms with Gasteiger partial charge in [0.1, 0.15) is 0 Å². The lowest BCUT2D eigenvalue weighted by Gasteiger charge is -2.39. The molecule has 0 aromatic carbocycles. The quantitative estimate of drug-likeness (QED) is 0.707. The predicted octanol–water partition coefficient (Wildman–Crippen LogP) is 3.01. The van der Waals surface area contributed by atoms with Crippen molar-refractivity contribution in [2.45, 2.75) is 52.5 Å². The first-order chi connectivity index (χ1) is 6.07. The maximum atomic E-state index is 3.59. The van der Waals surface area contributed by atoms with Crippen LogP contribution in [0, 0.1) is 18.3 Å². The van der Waals surface area contributed by atoms with Gasteiger partial charge < -0.3 is 5.32 Å². The van der Waals surface area contributed by atoms with Gasteiger partial charge in [0.2, 0.25) is 0 Å². The second-order valence-corrected chi connectivity index (χ2v) is 4.98. The van der Waals surface area contributed by atoms with Crippen molar-refractivity contribution in [2.24, 2.45) is 11.8 Å². The first kappa shape index (κ1) is 11.0. The smallest absolute Gasteiger partial charge is 0.0156 e. The molecule has 1 rings (SSSR count). The summed E-state index contributed by atoms with van der Waals surface area (Å²) < 4.78 is 0. The molecule has 0 heterocycles. The van der Waals surface area contributed by atoms with E-state index in [-0.39, 0.29) is 0 Å². The Morgan fingerprint density at radius 2 is 2.23 bits per heavy atom. The van der Waals surface area contributed by atoms with Crippen LogP contribution in [0.2, 0.25) is 0 Å². The van der Waals surface area contributed by atoms with E-state index in [1.165, 1.54) is 19.3 Å². The zero-order valence-electron chi connectivity index (χ0n) is 9.56. The number of hydrogen-bond donors (Lipinski definition) is 1. The average Bonchev–Trinajstić information content (AvgIpc) is 2.05. The third-order valence-electron chi connectivity index (χ3n) is 3.36. The second kappa shape index (κ2) is 4.45. The molecule has 1 aliphatic carbocycles. The fraction of sp³-hybridized carbons (Fsp3) is 0.917. The zero-order chi connectivity index (χ0) is 9.90. The van der Waals surface area contributed by atoms with Crippen LogP contribution in [0.4, 0.5) is 0 Å². The van der Waals surface area contributed by atoms with Gasteiger partial charge in [0.05, 0.1) is 0 Å². The van der Waals surface area contributed by atoms with Crippen LogP contribution in [0.15, 0.2) is 0 Å². The van der Waals surface area contributed by atoms with Gasteiger partial charge in [-0.05, 0) is 51.0 Å². The monoisotopic (exact) mass is 182 g/mol. The molecule has 1 radical (unpaired) electrons. The summed E-state index contributed by atoms with van der Waals surface area (Å²) in [5.41, 5.74) is 0.389. The third-order valence-corrected chi connectivity index (χ3v) is 3.36. The largest absolute Gasteiger partial charge is 0.312 e. The van der Waals surface area contributed by atoms with Gasteiger partial charge in [0.25, 0.3) is 0 Å². The number of rotatable bonds is 3. The molecular weight excluding hydrogens is 158 g/mol. The molecule has 13 heavy (non-hydrogen) atoms. The molecule has 0 bridgehead atoms. The van der Waals surface area contributed by atoms with Crippen LogP contribution in [0.25, 0.3) is 0 Å². The summed E-state index contributed by atoms with van der Waals surface area (Å²) >= 11 is 0. The van der Waals surface area contributed by atoms with E-state index in [4.69, 9.17) is 0 Å². The van der Waals surface area contributed by atoms with E-state index in [2.05, 4.69) is 39.4 Å². The normalized spacial score (nSPS) is 35.3. The molecule has 0 spiro atoms. The summed E-state index contributed by atoms with van der Waals surface area (Å²) in [7, 11) is 0. The van der Waals surface area contributed by atoms with Crippen molar-refractivity contribution in [1.29, 1.82) is 0 Å². The molecule has 77 valence electrons. The van der Waals surface area contributed by atoms with E-state index >= 15 is 0 Å². The standard InChI is InChI=1S/C12H24N/c1-5-13-12(4)8-6-11(7-9-12)10(2)3/h6,10-11,13H,5,7-9H2,1-4H3. The van der Waals surface area contributed by atoms with Crippen LogP contribution in [-0.4, -0.2) is 12.1 Å². The van der Waals surface area contributed by atoms with Crippen LogP contribution < -0.4 is 5.32 Å². The van der Waals surface area contributed by atoms with Gasteiger partial charge in [-0.25, -0.2) is 0 Å². The summed E-state index contributed by atoms with van der Waals surface area (Å²) in [4.78, 5) is 0. The molecule has 1 aliphatic rings. The van der Waals surface area contributed by atoms with Crippen LogP contribution in [0.3, 0.4) is 0 Å². The van der Waals surface area contributed by atoms with Gasteiger partial charge >= 0.3 is 0 Å². The minimum Gasteiger partial charge on any atom is -0.312 e. The first-order valence-electron chi connectivity index (χ1n) is 5.66. The predicted molar refractivity (Wildman–Crippen MR) is 58.6 cm³/mol. The molecule has 1 saturated carbocycles. The highest BCUT2D eigenvalue weighted by Crippen LogP contribution is 2.34. The maximum Gasteiger partial charge on any atom is 0.0156 e. The lowest BCUT2D eigenvalue weighted by Crippen LogP contribution is -2.45. The molecule has 2 unspecified atom stereocenters. The Morgan fingerprint density at radius 3 is 2.62 bits per heavy atom. The summed E-state index contributed by atoms with van der Waals surface area (Å²) in [5, 5.41) is 3.59. The van der Waals surface area contributed by atoms with Crippen LogP contribution in [-0.2, 0) is 0 Å². The Bertz CT molecular complexity index is 143. The fourth-order valence-corrected chi connectivity index (χ4v) is 2.31. The van der Waals surface area contributed by atoms with E-state index < -0.39 is 0 Å². The SMILES string of the molecule is CCNC1(C)C[CH]C(C(C)C)CC1. The maximum absolute atomic E-state index is 3.59. The second-order valence-electron chi connectivity index (χ2n) is 4.98. The topological polar surface area (TPSA) is 12.0 Å². The molecule has 0 aromatic rings. The molecule has 2 atom stereocenters. The van der Waals surface area contributed by atoms with Crippen molar-refractivity contribution in [2.75, 3.05) is 6.54 Å². The van der Waals surface area contributed by atoms with E-state index in [9.17, 15) is 0 Å². The molecule has 0 amide bonds. The minimum atomic E-state index is 0.389. The van der Waals surface area contributed by atoms with Crippen molar-refractivity contribution in [3.05, 3.63) is 6.42 Å². The van der Waals surface area contributed by atoms with Gasteiger partial charge in [-0.15, -0.1) is 0 Å². The van der Waals surface area contributed by atoms with Crippen molar-refractivity contribution in [3.8, 4) is 0 Å². The van der Waals surface area contributed by atoms with Crippen molar-refractivity contribution >= 4 is 0 Å². The highest BCUT2D eigenvalue weighted by Gasteiger charge is 2.31. The Kier molecular flexibility index (Phi) is 3.78. The Morgan fingerprint density at radius 1 is 1.54 bits per heavy atom. The third kappa shape index (κ3) is 2.98. The van der Waals surface area contributed by atoms with Gasteiger partial charge in [-0.1, -0.05) is 20.8 Å². The minimum absolute atomic E-state index is 0.389. The van der Waals surface area contributed by atoms with Gasteiger partial charge in [-0.2, -0.15) is 0 Å². The molecule has 0 aliphatic heterocycles. The number of nitrogens with one attached hydrogen (secondary N) is 1. The van der Waals surface area contributed by atoms with Gasteiger partial charge in [0, 0.05) is 5.54 Å².